The molecular formula is C13H26N2O2. The summed E-state index contributed by atoms with van der Waals surface area (Å²) in [7, 11) is 1.97. The molecule has 0 aliphatic carbocycles. The molecule has 0 radical (unpaired) electrons. The molecule has 0 bridgehead atoms. The normalized spacial score (nSPS) is 22.6. The highest BCUT2D eigenvalue weighted by Gasteiger charge is 2.34. The smallest absolute Gasteiger partial charge is 0.323 e. The van der Waals surface area contributed by atoms with Crippen LogP contribution in [-0.2, 0) is 9.53 Å². The molecule has 0 saturated carbocycles. The van der Waals surface area contributed by atoms with E-state index in [1.807, 2.05) is 14.0 Å². The number of esters is 1. The van der Waals surface area contributed by atoms with Gasteiger partial charge in [-0.15, -0.1) is 0 Å². The van der Waals surface area contributed by atoms with E-state index in [1.165, 1.54) is 12.8 Å². The summed E-state index contributed by atoms with van der Waals surface area (Å²) in [6.45, 7) is 6.45. The van der Waals surface area contributed by atoms with Gasteiger partial charge in [-0.2, -0.15) is 0 Å². The minimum absolute atomic E-state index is 0.0409. The van der Waals surface area contributed by atoms with Crippen LogP contribution in [0.15, 0.2) is 0 Å². The van der Waals surface area contributed by atoms with Gasteiger partial charge in [-0.05, 0) is 39.8 Å². The predicted molar refractivity (Wildman–Crippen MR) is 69.0 cm³/mol. The summed E-state index contributed by atoms with van der Waals surface area (Å²) in [6, 6.07) is 0.446. The van der Waals surface area contributed by atoms with Gasteiger partial charge in [-0.1, -0.05) is 13.3 Å². The zero-order chi connectivity index (χ0) is 12.7. The fraction of sp³-hybridized carbons (Fsp3) is 0.923. The Bertz CT molecular complexity index is 233. The molecule has 1 aliphatic rings. The fourth-order valence-corrected chi connectivity index (χ4v) is 2.65. The topological polar surface area (TPSA) is 41.6 Å². The second-order valence-electron chi connectivity index (χ2n) is 4.65. The van der Waals surface area contributed by atoms with Crippen LogP contribution in [0, 0.1) is 0 Å². The number of rotatable bonds is 7. The van der Waals surface area contributed by atoms with Crippen LogP contribution in [0.2, 0.25) is 0 Å². The van der Waals surface area contributed by atoms with Crippen molar-refractivity contribution in [2.24, 2.45) is 0 Å². The zero-order valence-corrected chi connectivity index (χ0v) is 11.4. The van der Waals surface area contributed by atoms with Crippen molar-refractivity contribution in [3.63, 3.8) is 0 Å². The van der Waals surface area contributed by atoms with Crippen LogP contribution >= 0.6 is 0 Å². The molecule has 0 amide bonds. The van der Waals surface area contributed by atoms with Gasteiger partial charge in [0.1, 0.15) is 6.04 Å². The first kappa shape index (κ1) is 14.5. The number of likely N-dealkylation sites (N-methyl/N-ethyl adjacent to an activating group) is 1. The van der Waals surface area contributed by atoms with Gasteiger partial charge in [0.15, 0.2) is 0 Å². The van der Waals surface area contributed by atoms with E-state index in [0.717, 1.165) is 25.9 Å². The molecule has 0 spiro atoms. The maximum absolute atomic E-state index is 12.0. The van der Waals surface area contributed by atoms with Crippen LogP contribution in [0.25, 0.3) is 0 Å². The van der Waals surface area contributed by atoms with Gasteiger partial charge in [-0.3, -0.25) is 9.69 Å². The lowest BCUT2D eigenvalue weighted by Gasteiger charge is -2.31. The van der Waals surface area contributed by atoms with E-state index in [-0.39, 0.29) is 12.0 Å². The third kappa shape index (κ3) is 3.96. The van der Waals surface area contributed by atoms with E-state index < -0.39 is 0 Å². The monoisotopic (exact) mass is 242 g/mol. The largest absolute Gasteiger partial charge is 0.465 e. The maximum atomic E-state index is 12.0. The first-order valence-corrected chi connectivity index (χ1v) is 6.81. The lowest BCUT2D eigenvalue weighted by atomic mass is 10.1. The summed E-state index contributed by atoms with van der Waals surface area (Å²) in [5, 5.41) is 3.21. The SMILES string of the molecule is CCCC(C(=O)OCC)N1CCCC1CNC. The highest BCUT2D eigenvalue weighted by molar-refractivity contribution is 5.75. The standard InChI is InChI=1S/C13H26N2O2/c1-4-7-12(13(16)17-5-2)15-9-6-8-11(15)10-14-3/h11-12,14H,4-10H2,1-3H3. The van der Waals surface area contributed by atoms with Crippen molar-refractivity contribution in [1.82, 2.24) is 10.2 Å². The molecule has 1 saturated heterocycles. The highest BCUT2D eigenvalue weighted by Crippen LogP contribution is 2.22. The van der Waals surface area contributed by atoms with E-state index in [2.05, 4.69) is 17.1 Å². The van der Waals surface area contributed by atoms with E-state index in [0.29, 0.717) is 12.6 Å². The molecule has 1 aliphatic heterocycles. The quantitative estimate of drug-likeness (QED) is 0.685. The van der Waals surface area contributed by atoms with Gasteiger partial charge in [0, 0.05) is 12.6 Å². The van der Waals surface area contributed by atoms with Crippen LogP contribution in [0.1, 0.15) is 39.5 Å². The molecule has 2 unspecified atom stereocenters. The molecular weight excluding hydrogens is 216 g/mol. The van der Waals surface area contributed by atoms with Crippen LogP contribution in [0.5, 0.6) is 0 Å². The molecule has 0 aromatic carbocycles. The number of carbonyl (C=O) groups excluding carboxylic acids is 1. The van der Waals surface area contributed by atoms with Crippen LogP contribution in [0.4, 0.5) is 0 Å². The maximum Gasteiger partial charge on any atom is 0.323 e. The number of hydrogen-bond donors (Lipinski definition) is 1. The molecule has 17 heavy (non-hydrogen) atoms. The molecule has 4 heteroatoms. The minimum atomic E-state index is -0.0441. The highest BCUT2D eigenvalue weighted by atomic mass is 16.5. The summed E-state index contributed by atoms with van der Waals surface area (Å²) in [4.78, 5) is 14.3. The number of ether oxygens (including phenoxy) is 1. The molecule has 0 aromatic rings. The molecule has 1 rings (SSSR count). The summed E-state index contributed by atoms with van der Waals surface area (Å²) in [5.74, 6) is -0.0441. The van der Waals surface area contributed by atoms with Crippen molar-refractivity contribution in [3.8, 4) is 0 Å². The number of likely N-dealkylation sites (tertiary alicyclic amines) is 1. The van der Waals surface area contributed by atoms with E-state index >= 15 is 0 Å². The van der Waals surface area contributed by atoms with E-state index in [4.69, 9.17) is 4.74 Å². The Kier molecular flexibility index (Phi) is 6.52. The summed E-state index contributed by atoms with van der Waals surface area (Å²) < 4.78 is 5.19. The van der Waals surface area contributed by atoms with Gasteiger partial charge in [0.05, 0.1) is 6.61 Å². The Morgan fingerprint density at radius 3 is 2.88 bits per heavy atom. The molecule has 4 nitrogen and oxygen atoms in total. The van der Waals surface area contributed by atoms with Crippen molar-refractivity contribution < 1.29 is 9.53 Å². The zero-order valence-electron chi connectivity index (χ0n) is 11.4. The molecule has 1 heterocycles. The van der Waals surface area contributed by atoms with Crippen molar-refractivity contribution in [3.05, 3.63) is 0 Å². The first-order chi connectivity index (χ1) is 8.24. The van der Waals surface area contributed by atoms with Crippen molar-refractivity contribution in [1.29, 1.82) is 0 Å². The number of nitrogens with one attached hydrogen (secondary N) is 1. The van der Waals surface area contributed by atoms with Crippen LogP contribution < -0.4 is 5.32 Å². The minimum Gasteiger partial charge on any atom is -0.465 e. The summed E-state index contributed by atoms with van der Waals surface area (Å²) in [6.07, 6.45) is 4.29. The number of hydrogen-bond acceptors (Lipinski definition) is 4. The second-order valence-corrected chi connectivity index (χ2v) is 4.65. The lowest BCUT2D eigenvalue weighted by Crippen LogP contribution is -2.47. The third-order valence-electron chi connectivity index (χ3n) is 3.38. The Morgan fingerprint density at radius 2 is 2.29 bits per heavy atom. The van der Waals surface area contributed by atoms with Gasteiger partial charge in [0.25, 0.3) is 0 Å². The van der Waals surface area contributed by atoms with E-state index in [9.17, 15) is 4.79 Å². The Hall–Kier alpha value is -0.610. The average molecular weight is 242 g/mol. The molecule has 1 N–H and O–H groups in total. The number of carbonyl (C=O) groups is 1. The summed E-state index contributed by atoms with van der Waals surface area (Å²) >= 11 is 0. The third-order valence-corrected chi connectivity index (χ3v) is 3.38. The number of nitrogens with zero attached hydrogens (tertiary/aromatic N) is 1. The second kappa shape index (κ2) is 7.67. The Morgan fingerprint density at radius 1 is 1.53 bits per heavy atom. The van der Waals surface area contributed by atoms with Gasteiger partial charge in [-0.25, -0.2) is 0 Å². The van der Waals surface area contributed by atoms with Gasteiger partial charge in [0.2, 0.25) is 0 Å². The first-order valence-electron chi connectivity index (χ1n) is 6.81. The van der Waals surface area contributed by atoms with Crippen LogP contribution in [-0.4, -0.2) is 49.7 Å². The Balaban J connectivity index is 2.64. The van der Waals surface area contributed by atoms with Gasteiger partial charge >= 0.3 is 5.97 Å². The van der Waals surface area contributed by atoms with Gasteiger partial charge < -0.3 is 10.1 Å². The molecule has 100 valence electrons. The van der Waals surface area contributed by atoms with Crippen molar-refractivity contribution >= 4 is 5.97 Å². The fourth-order valence-electron chi connectivity index (χ4n) is 2.65. The van der Waals surface area contributed by atoms with Crippen molar-refractivity contribution in [2.45, 2.75) is 51.6 Å². The Labute approximate surface area is 105 Å². The molecule has 1 fully saturated rings. The van der Waals surface area contributed by atoms with Crippen molar-refractivity contribution in [2.75, 3.05) is 26.7 Å². The summed E-state index contributed by atoms with van der Waals surface area (Å²) in [5.41, 5.74) is 0. The predicted octanol–water partition coefficient (Wildman–Crippen LogP) is 1.40. The molecule has 0 aromatic heterocycles. The molecule has 2 atom stereocenters. The lowest BCUT2D eigenvalue weighted by molar-refractivity contribution is -0.150. The van der Waals surface area contributed by atoms with E-state index in [1.54, 1.807) is 0 Å². The average Bonchev–Trinajstić information content (AvgIpc) is 2.75. The van der Waals surface area contributed by atoms with Crippen LogP contribution in [0.3, 0.4) is 0 Å².